The molecular formula is C11H7BrF3N. The molecule has 1 nitrogen and oxygen atoms in total. The second-order valence-corrected chi connectivity index (χ2v) is 3.87. The van der Waals surface area contributed by atoms with E-state index in [4.69, 9.17) is 0 Å². The summed E-state index contributed by atoms with van der Waals surface area (Å²) < 4.78 is 37.7. The maximum absolute atomic E-state index is 12.6. The van der Waals surface area contributed by atoms with Gasteiger partial charge in [-0.15, -0.1) is 0 Å². The SMILES string of the molecule is FC(F)(F)c1cc2ccccc2c(CBr)n1. The summed E-state index contributed by atoms with van der Waals surface area (Å²) >= 11 is 3.15. The molecule has 1 aromatic carbocycles. The highest BCUT2D eigenvalue weighted by molar-refractivity contribution is 9.08. The molecule has 0 amide bonds. The number of hydrogen-bond acceptors (Lipinski definition) is 1. The van der Waals surface area contributed by atoms with E-state index in [1.54, 1.807) is 24.3 Å². The van der Waals surface area contributed by atoms with Gasteiger partial charge in [0.2, 0.25) is 0 Å². The third-order valence-corrected chi connectivity index (χ3v) is 2.77. The molecule has 2 aromatic rings. The van der Waals surface area contributed by atoms with E-state index in [-0.39, 0.29) is 0 Å². The average molecular weight is 290 g/mol. The third-order valence-electron chi connectivity index (χ3n) is 2.24. The maximum atomic E-state index is 12.6. The molecule has 1 aromatic heterocycles. The van der Waals surface area contributed by atoms with Crippen LogP contribution in [0.15, 0.2) is 30.3 Å². The van der Waals surface area contributed by atoms with Crippen molar-refractivity contribution in [3.8, 4) is 0 Å². The molecule has 1 heterocycles. The van der Waals surface area contributed by atoms with E-state index >= 15 is 0 Å². The van der Waals surface area contributed by atoms with Crippen molar-refractivity contribution in [2.24, 2.45) is 0 Å². The van der Waals surface area contributed by atoms with Crippen LogP contribution in [-0.4, -0.2) is 4.98 Å². The molecule has 0 spiro atoms. The molecule has 84 valence electrons. The van der Waals surface area contributed by atoms with Gasteiger partial charge in [0.25, 0.3) is 0 Å². The highest BCUT2D eigenvalue weighted by atomic mass is 79.9. The van der Waals surface area contributed by atoms with Crippen molar-refractivity contribution < 1.29 is 13.2 Å². The number of nitrogens with zero attached hydrogens (tertiary/aromatic N) is 1. The zero-order valence-electron chi connectivity index (χ0n) is 8.05. The van der Waals surface area contributed by atoms with E-state index in [2.05, 4.69) is 20.9 Å². The summed E-state index contributed by atoms with van der Waals surface area (Å²) in [6, 6.07) is 7.98. The Labute approximate surface area is 98.4 Å². The Hall–Kier alpha value is -1.10. The summed E-state index contributed by atoms with van der Waals surface area (Å²) in [7, 11) is 0. The van der Waals surface area contributed by atoms with Crippen molar-refractivity contribution in [2.45, 2.75) is 11.5 Å². The van der Waals surface area contributed by atoms with Crippen LogP contribution < -0.4 is 0 Å². The van der Waals surface area contributed by atoms with Crippen LogP contribution in [0.25, 0.3) is 10.8 Å². The van der Waals surface area contributed by atoms with Gasteiger partial charge in [0, 0.05) is 10.7 Å². The number of fused-ring (bicyclic) bond motifs is 1. The molecule has 0 radical (unpaired) electrons. The first-order chi connectivity index (χ1) is 7.52. The molecule has 0 bridgehead atoms. The van der Waals surface area contributed by atoms with Crippen LogP contribution in [0.3, 0.4) is 0 Å². The number of halogens is 4. The molecule has 5 heteroatoms. The number of hydrogen-bond donors (Lipinski definition) is 0. The molecule has 0 N–H and O–H groups in total. The topological polar surface area (TPSA) is 12.9 Å². The van der Waals surface area contributed by atoms with Crippen LogP contribution in [0.2, 0.25) is 0 Å². The second-order valence-electron chi connectivity index (χ2n) is 3.31. The van der Waals surface area contributed by atoms with E-state index < -0.39 is 11.9 Å². The van der Waals surface area contributed by atoms with Crippen LogP contribution in [0, 0.1) is 0 Å². The fourth-order valence-electron chi connectivity index (χ4n) is 1.52. The predicted molar refractivity (Wildman–Crippen MR) is 59.4 cm³/mol. The molecule has 0 fully saturated rings. The fourth-order valence-corrected chi connectivity index (χ4v) is 1.95. The van der Waals surface area contributed by atoms with Crippen LogP contribution in [0.4, 0.5) is 13.2 Å². The summed E-state index contributed by atoms with van der Waals surface area (Å²) in [6.45, 7) is 0. The molecule has 0 aliphatic rings. The van der Waals surface area contributed by atoms with Crippen molar-refractivity contribution in [1.82, 2.24) is 4.98 Å². The van der Waals surface area contributed by atoms with Crippen LogP contribution in [-0.2, 0) is 11.5 Å². The van der Waals surface area contributed by atoms with Crippen LogP contribution in [0.1, 0.15) is 11.4 Å². The Kier molecular flexibility index (Phi) is 2.88. The maximum Gasteiger partial charge on any atom is 0.433 e. The molecule has 0 saturated heterocycles. The predicted octanol–water partition coefficient (Wildman–Crippen LogP) is 4.15. The largest absolute Gasteiger partial charge is 0.433 e. The average Bonchev–Trinajstić information content (AvgIpc) is 2.26. The van der Waals surface area contributed by atoms with Gasteiger partial charge in [-0.1, -0.05) is 40.2 Å². The van der Waals surface area contributed by atoms with Crippen molar-refractivity contribution in [2.75, 3.05) is 0 Å². The van der Waals surface area contributed by atoms with Gasteiger partial charge in [0.15, 0.2) is 0 Å². The van der Waals surface area contributed by atoms with Gasteiger partial charge < -0.3 is 0 Å². The lowest BCUT2D eigenvalue weighted by atomic mass is 10.1. The second kappa shape index (κ2) is 4.05. The number of alkyl halides is 4. The lowest BCUT2D eigenvalue weighted by Gasteiger charge is -2.09. The zero-order chi connectivity index (χ0) is 11.8. The van der Waals surface area contributed by atoms with E-state index in [0.29, 0.717) is 16.4 Å². The summed E-state index contributed by atoms with van der Waals surface area (Å²) in [6.07, 6.45) is -4.40. The Morgan fingerprint density at radius 2 is 1.88 bits per heavy atom. The standard InChI is InChI=1S/C11H7BrF3N/c12-6-9-8-4-2-1-3-7(8)5-10(16-9)11(13,14)15/h1-5H,6H2. The molecule has 0 aliphatic carbocycles. The number of rotatable bonds is 1. The minimum absolute atomic E-state index is 0.303. The minimum Gasteiger partial charge on any atom is -0.247 e. The van der Waals surface area contributed by atoms with Gasteiger partial charge in [0.1, 0.15) is 5.69 Å². The summed E-state index contributed by atoms with van der Waals surface area (Å²) in [5.74, 6) is 0. The first-order valence-corrected chi connectivity index (χ1v) is 5.66. The molecule has 0 saturated carbocycles. The Balaban J connectivity index is 2.73. The third kappa shape index (κ3) is 2.04. The monoisotopic (exact) mass is 289 g/mol. The van der Waals surface area contributed by atoms with Crippen molar-refractivity contribution in [1.29, 1.82) is 0 Å². The fraction of sp³-hybridized carbons (Fsp3) is 0.182. The number of aromatic nitrogens is 1. The lowest BCUT2D eigenvalue weighted by molar-refractivity contribution is -0.141. The smallest absolute Gasteiger partial charge is 0.247 e. The van der Waals surface area contributed by atoms with Gasteiger partial charge in [-0.3, -0.25) is 0 Å². The van der Waals surface area contributed by atoms with Gasteiger partial charge >= 0.3 is 6.18 Å². The normalized spacial score (nSPS) is 12.0. The van der Waals surface area contributed by atoms with Crippen molar-refractivity contribution in [3.05, 3.63) is 41.7 Å². The lowest BCUT2D eigenvalue weighted by Crippen LogP contribution is -2.09. The summed E-state index contributed by atoms with van der Waals surface area (Å²) in [5.41, 5.74) is -0.439. The first-order valence-electron chi connectivity index (χ1n) is 4.54. The van der Waals surface area contributed by atoms with Gasteiger partial charge in [0.05, 0.1) is 5.69 Å². The molecule has 0 aliphatic heterocycles. The van der Waals surface area contributed by atoms with Gasteiger partial charge in [-0.2, -0.15) is 13.2 Å². The molecule has 2 rings (SSSR count). The Bertz CT molecular complexity index is 522. The minimum atomic E-state index is -4.40. The van der Waals surface area contributed by atoms with Gasteiger partial charge in [-0.25, -0.2) is 4.98 Å². The zero-order valence-corrected chi connectivity index (χ0v) is 9.64. The van der Waals surface area contributed by atoms with Crippen LogP contribution in [0.5, 0.6) is 0 Å². The van der Waals surface area contributed by atoms with Gasteiger partial charge in [-0.05, 0) is 11.5 Å². The van der Waals surface area contributed by atoms with Crippen LogP contribution >= 0.6 is 15.9 Å². The first kappa shape index (κ1) is 11.4. The summed E-state index contributed by atoms with van der Waals surface area (Å²) in [4.78, 5) is 3.62. The highest BCUT2D eigenvalue weighted by Gasteiger charge is 2.33. The Morgan fingerprint density at radius 1 is 1.19 bits per heavy atom. The number of pyridine rings is 1. The van der Waals surface area contributed by atoms with E-state index in [9.17, 15) is 13.2 Å². The number of benzene rings is 1. The van der Waals surface area contributed by atoms with E-state index in [1.807, 2.05) is 0 Å². The molecule has 0 atom stereocenters. The van der Waals surface area contributed by atoms with E-state index in [0.717, 1.165) is 11.5 Å². The molecule has 16 heavy (non-hydrogen) atoms. The summed E-state index contributed by atoms with van der Waals surface area (Å²) in [5, 5.41) is 1.60. The van der Waals surface area contributed by atoms with Crippen molar-refractivity contribution >= 4 is 26.7 Å². The quantitative estimate of drug-likeness (QED) is 0.719. The highest BCUT2D eigenvalue weighted by Crippen LogP contribution is 2.31. The Morgan fingerprint density at radius 3 is 2.50 bits per heavy atom. The van der Waals surface area contributed by atoms with E-state index in [1.165, 1.54) is 0 Å². The molecule has 0 unspecified atom stereocenters. The molecular weight excluding hydrogens is 283 g/mol. The van der Waals surface area contributed by atoms with Crippen molar-refractivity contribution in [3.63, 3.8) is 0 Å².